The Morgan fingerprint density at radius 3 is 1.53 bits per heavy atom. The van der Waals surface area contributed by atoms with Gasteiger partial charge >= 0.3 is 13.8 Å². The van der Waals surface area contributed by atoms with E-state index in [0.717, 1.165) is 89.9 Å². The van der Waals surface area contributed by atoms with Crippen molar-refractivity contribution in [2.24, 2.45) is 0 Å². The van der Waals surface area contributed by atoms with Crippen LogP contribution in [0.5, 0.6) is 0 Å². The van der Waals surface area contributed by atoms with Crippen LogP contribution >= 0.6 is 7.82 Å². The minimum absolute atomic E-state index is 0.0372. The van der Waals surface area contributed by atoms with Crippen LogP contribution in [0.2, 0.25) is 0 Å². The number of esters is 1. The zero-order valence-electron chi connectivity index (χ0n) is 36.3. The second-order valence-corrected chi connectivity index (χ2v) is 16.5. The van der Waals surface area contributed by atoms with E-state index in [0.29, 0.717) is 13.0 Å². The fraction of sp³-hybridized carbons (Fsp3) is 0.766. The fourth-order valence-corrected chi connectivity index (χ4v) is 6.78. The highest BCUT2D eigenvalue weighted by Crippen LogP contribution is 2.43. The summed E-state index contributed by atoms with van der Waals surface area (Å²) in [7, 11) is -4.53. The van der Waals surface area contributed by atoms with Crippen molar-refractivity contribution in [1.82, 2.24) is 0 Å². The van der Waals surface area contributed by atoms with E-state index in [1.54, 1.807) is 0 Å². The van der Waals surface area contributed by atoms with Crippen molar-refractivity contribution >= 4 is 13.8 Å². The molecule has 0 radical (unpaired) electrons. The molecule has 0 aliphatic rings. The molecular weight excluding hydrogens is 739 g/mol. The highest BCUT2D eigenvalue weighted by Gasteiger charge is 2.26. The Hall–Kier alpha value is -1.84. The van der Waals surface area contributed by atoms with E-state index in [1.165, 1.54) is 70.6 Å². The molecule has 57 heavy (non-hydrogen) atoms. The largest absolute Gasteiger partial charge is 0.472 e. The van der Waals surface area contributed by atoms with Crippen LogP contribution in [0.3, 0.4) is 0 Å². The zero-order chi connectivity index (χ0) is 41.8. The fourth-order valence-electron chi connectivity index (χ4n) is 5.99. The van der Waals surface area contributed by atoms with Gasteiger partial charge in [0.05, 0.1) is 26.4 Å². The predicted molar refractivity (Wildman–Crippen MR) is 237 cm³/mol. The number of aliphatic hydroxyl groups excluding tert-OH is 2. The summed E-state index contributed by atoms with van der Waals surface area (Å²) >= 11 is 0. The molecule has 0 amide bonds. The van der Waals surface area contributed by atoms with Gasteiger partial charge < -0.3 is 24.6 Å². The molecule has 0 heterocycles. The summed E-state index contributed by atoms with van der Waals surface area (Å²) in [6.45, 7) is 3.37. The first-order chi connectivity index (χ1) is 27.8. The van der Waals surface area contributed by atoms with E-state index in [1.807, 2.05) is 0 Å². The van der Waals surface area contributed by atoms with Gasteiger partial charge in [0, 0.05) is 13.0 Å². The molecule has 0 aliphatic heterocycles. The number of aliphatic hydroxyl groups is 2. The molecule has 0 spiro atoms. The third-order valence-electron chi connectivity index (χ3n) is 9.44. The smallest absolute Gasteiger partial charge is 0.457 e. The Balaban J connectivity index is 4.19. The molecule has 0 rings (SSSR count). The topological polar surface area (TPSA) is 132 Å². The summed E-state index contributed by atoms with van der Waals surface area (Å²) in [5.41, 5.74) is 0. The molecule has 0 saturated heterocycles. The molecule has 0 saturated carbocycles. The molecule has 0 aliphatic carbocycles. The lowest BCUT2D eigenvalue weighted by atomic mass is 10.1. The highest BCUT2D eigenvalue weighted by molar-refractivity contribution is 7.47. The Labute approximate surface area is 349 Å². The number of phosphoric ester groups is 1. The maximum atomic E-state index is 12.6. The number of hydrogen-bond donors (Lipinski definition) is 3. The average molecular weight is 825 g/mol. The van der Waals surface area contributed by atoms with Crippen molar-refractivity contribution in [2.75, 3.05) is 33.0 Å². The van der Waals surface area contributed by atoms with Gasteiger partial charge in [-0.05, 0) is 77.0 Å². The Morgan fingerprint density at radius 1 is 0.561 bits per heavy atom. The molecule has 9 nitrogen and oxygen atoms in total. The van der Waals surface area contributed by atoms with Crippen molar-refractivity contribution in [3.8, 4) is 0 Å². The lowest BCUT2D eigenvalue weighted by Gasteiger charge is -2.20. The molecule has 332 valence electrons. The molecule has 3 unspecified atom stereocenters. The monoisotopic (exact) mass is 825 g/mol. The number of carbonyl (C=O) groups is 1. The molecule has 0 fully saturated rings. The molecule has 10 heteroatoms. The van der Waals surface area contributed by atoms with Crippen molar-refractivity contribution in [3.05, 3.63) is 60.8 Å². The van der Waals surface area contributed by atoms with Crippen LogP contribution in [0.15, 0.2) is 60.8 Å². The van der Waals surface area contributed by atoms with Crippen LogP contribution in [0.25, 0.3) is 0 Å². The van der Waals surface area contributed by atoms with Gasteiger partial charge in [-0.25, -0.2) is 4.57 Å². The second kappa shape index (κ2) is 43.7. The van der Waals surface area contributed by atoms with Gasteiger partial charge in [0.1, 0.15) is 12.2 Å². The number of unbranched alkanes of at least 4 members (excludes halogenated alkanes) is 19. The number of hydrogen-bond acceptors (Lipinski definition) is 8. The minimum Gasteiger partial charge on any atom is -0.457 e. The van der Waals surface area contributed by atoms with Gasteiger partial charge in [0.25, 0.3) is 0 Å². The standard InChI is InChI=1S/C47H85O9P/c1-3-5-7-9-11-13-15-17-19-21-22-23-25-27-29-31-33-35-37-39-47(50)56-46(44-55-57(51,52)54-42-45(49)41-48)43-53-40-38-36-34-32-30-28-26-24-20-18-16-14-12-10-8-6-4-2/h5,7,11,13,17,19-20,22-24,45-46,48-49H,3-4,6,8-10,12,14-16,18,21,25-44H2,1-2H3,(H,51,52)/b7-5-,13-11-,19-17-,23-22-,24-20-. The van der Waals surface area contributed by atoms with Gasteiger partial charge in [-0.2, -0.15) is 0 Å². The van der Waals surface area contributed by atoms with E-state index >= 15 is 0 Å². The summed E-state index contributed by atoms with van der Waals surface area (Å²) in [5, 5.41) is 18.4. The lowest BCUT2D eigenvalue weighted by molar-refractivity contribution is -0.154. The Bertz CT molecular complexity index is 1070. The van der Waals surface area contributed by atoms with Crippen molar-refractivity contribution in [2.45, 2.75) is 199 Å². The van der Waals surface area contributed by atoms with E-state index in [4.69, 9.17) is 23.6 Å². The molecule has 3 atom stereocenters. The summed E-state index contributed by atoms with van der Waals surface area (Å²) in [5.74, 6) is -0.399. The number of carbonyl (C=O) groups excluding carboxylic acids is 1. The van der Waals surface area contributed by atoms with Gasteiger partial charge in [0.2, 0.25) is 0 Å². The third-order valence-corrected chi connectivity index (χ3v) is 10.4. The summed E-state index contributed by atoms with van der Waals surface area (Å²) in [4.78, 5) is 22.6. The minimum atomic E-state index is -4.53. The van der Waals surface area contributed by atoms with Crippen LogP contribution in [0, 0.1) is 0 Å². The first-order valence-corrected chi connectivity index (χ1v) is 24.3. The summed E-state index contributed by atoms with van der Waals surface area (Å²) < 4.78 is 33.4. The Morgan fingerprint density at radius 2 is 1.00 bits per heavy atom. The Kier molecular flexibility index (Phi) is 42.3. The van der Waals surface area contributed by atoms with Crippen LogP contribution < -0.4 is 0 Å². The summed E-state index contributed by atoms with van der Waals surface area (Å²) in [6, 6.07) is 0. The van der Waals surface area contributed by atoms with Crippen molar-refractivity contribution < 1.29 is 43.0 Å². The first-order valence-electron chi connectivity index (χ1n) is 22.8. The van der Waals surface area contributed by atoms with Crippen LogP contribution in [0.1, 0.15) is 187 Å². The van der Waals surface area contributed by atoms with Crippen LogP contribution in [0.4, 0.5) is 0 Å². The first kappa shape index (κ1) is 55.2. The SMILES string of the molecule is CC/C=C\C/C=C\C/C=C\C/C=C\CCCCCCCCC(=O)OC(COCCCCCCCC/C=C\CCCCCCCCC)COP(=O)(O)OCC(O)CO. The highest BCUT2D eigenvalue weighted by atomic mass is 31.2. The number of ether oxygens (including phenoxy) is 2. The van der Waals surface area contributed by atoms with E-state index in [9.17, 15) is 19.4 Å². The number of allylic oxidation sites excluding steroid dienone is 10. The maximum Gasteiger partial charge on any atom is 0.472 e. The van der Waals surface area contributed by atoms with Crippen LogP contribution in [-0.4, -0.2) is 66.3 Å². The lowest BCUT2D eigenvalue weighted by Crippen LogP contribution is -2.29. The number of phosphoric acid groups is 1. The van der Waals surface area contributed by atoms with E-state index < -0.39 is 39.2 Å². The molecule has 0 aromatic carbocycles. The van der Waals surface area contributed by atoms with Gasteiger partial charge in [0.15, 0.2) is 0 Å². The van der Waals surface area contributed by atoms with Gasteiger partial charge in [-0.15, -0.1) is 0 Å². The second-order valence-electron chi connectivity index (χ2n) is 15.0. The van der Waals surface area contributed by atoms with Gasteiger partial charge in [-0.3, -0.25) is 13.8 Å². The third kappa shape index (κ3) is 43.6. The predicted octanol–water partition coefficient (Wildman–Crippen LogP) is 12.8. The normalized spacial score (nSPS) is 14.5. The quantitative estimate of drug-likeness (QED) is 0.0238. The zero-order valence-corrected chi connectivity index (χ0v) is 37.2. The molecule has 3 N–H and O–H groups in total. The van der Waals surface area contributed by atoms with Gasteiger partial charge in [-0.1, -0.05) is 164 Å². The van der Waals surface area contributed by atoms with Crippen molar-refractivity contribution in [3.63, 3.8) is 0 Å². The molecule has 0 aromatic rings. The molecular formula is C47H85O9P. The van der Waals surface area contributed by atoms with Crippen molar-refractivity contribution in [1.29, 1.82) is 0 Å². The van der Waals surface area contributed by atoms with E-state index in [2.05, 4.69) is 74.6 Å². The maximum absolute atomic E-state index is 12.6. The van der Waals surface area contributed by atoms with E-state index in [-0.39, 0.29) is 19.6 Å². The molecule has 0 bridgehead atoms. The average Bonchev–Trinajstić information content (AvgIpc) is 3.20. The van der Waals surface area contributed by atoms with Crippen LogP contribution in [-0.2, 0) is 27.9 Å². The summed E-state index contributed by atoms with van der Waals surface area (Å²) in [6.07, 6.45) is 50.3. The molecule has 0 aromatic heterocycles. The number of rotatable bonds is 43.